The van der Waals surface area contributed by atoms with E-state index in [1.807, 2.05) is 25.1 Å². The summed E-state index contributed by atoms with van der Waals surface area (Å²) in [4.78, 5) is 16.8. The molecule has 0 radical (unpaired) electrons. The highest BCUT2D eigenvalue weighted by molar-refractivity contribution is 6.30. The molecule has 1 amide bonds. The van der Waals surface area contributed by atoms with Crippen LogP contribution in [0.2, 0.25) is 5.02 Å². The maximum absolute atomic E-state index is 13.1. The number of halogens is 4. The second-order valence-corrected chi connectivity index (χ2v) is 9.37. The van der Waals surface area contributed by atoms with Gasteiger partial charge in [-0.15, -0.1) is 0 Å². The predicted molar refractivity (Wildman–Crippen MR) is 131 cm³/mol. The van der Waals surface area contributed by atoms with Gasteiger partial charge in [-0.3, -0.25) is 4.79 Å². The average molecular weight is 516 g/mol. The van der Waals surface area contributed by atoms with Gasteiger partial charge in [-0.25, -0.2) is 4.98 Å². The summed E-state index contributed by atoms with van der Waals surface area (Å²) in [5.74, 6) is -0.757. The lowest BCUT2D eigenvalue weighted by atomic mass is 9.85. The van der Waals surface area contributed by atoms with Crippen molar-refractivity contribution in [2.24, 2.45) is 0 Å². The van der Waals surface area contributed by atoms with Crippen LogP contribution in [0.15, 0.2) is 66.9 Å². The molecule has 5 nitrogen and oxygen atoms in total. The van der Waals surface area contributed by atoms with E-state index >= 15 is 0 Å². The van der Waals surface area contributed by atoms with E-state index in [-0.39, 0.29) is 17.8 Å². The number of hydrogen-bond acceptors (Lipinski definition) is 4. The Bertz CT molecular complexity index is 1240. The summed E-state index contributed by atoms with van der Waals surface area (Å²) in [6, 6.07) is 18.3. The summed E-state index contributed by atoms with van der Waals surface area (Å²) in [5, 5.41) is 12.9. The van der Waals surface area contributed by atoms with E-state index in [2.05, 4.69) is 16.4 Å². The maximum atomic E-state index is 13.1. The summed E-state index contributed by atoms with van der Waals surface area (Å²) in [5.41, 5.74) is 0.0529. The zero-order valence-corrected chi connectivity index (χ0v) is 20.7. The van der Waals surface area contributed by atoms with E-state index in [1.54, 1.807) is 30.3 Å². The Morgan fingerprint density at radius 1 is 1.14 bits per heavy atom. The molecular weight excluding hydrogens is 491 g/mol. The first kappa shape index (κ1) is 27.0. The van der Waals surface area contributed by atoms with Crippen LogP contribution in [0.4, 0.5) is 13.2 Å². The second kappa shape index (κ2) is 11.0. The van der Waals surface area contributed by atoms with Crippen molar-refractivity contribution in [3.8, 4) is 11.9 Å². The first-order valence-electron chi connectivity index (χ1n) is 11.2. The minimum Gasteiger partial charge on any atom is -0.462 e. The number of hydrogen-bond donors (Lipinski definition) is 1. The molecule has 0 fully saturated rings. The number of rotatable bonds is 8. The SMILES string of the molecule is CC(NC(=O)C(C)(C)Oc1ccc(C(F)(F)F)cn1)[C@@H](Cc1ccc(Cl)cc1)c1cccc(C#N)c1. The monoisotopic (exact) mass is 515 g/mol. The number of nitrogens with zero attached hydrogens (tertiary/aromatic N) is 2. The number of nitrogens with one attached hydrogen (secondary N) is 1. The number of ether oxygens (including phenoxy) is 1. The van der Waals surface area contributed by atoms with Gasteiger partial charge in [0, 0.05) is 29.2 Å². The van der Waals surface area contributed by atoms with Crippen molar-refractivity contribution < 1.29 is 22.7 Å². The van der Waals surface area contributed by atoms with Crippen LogP contribution in [0.5, 0.6) is 5.88 Å². The van der Waals surface area contributed by atoms with Crippen LogP contribution in [0.3, 0.4) is 0 Å². The molecule has 2 aromatic carbocycles. The number of alkyl halides is 3. The zero-order valence-electron chi connectivity index (χ0n) is 19.9. The van der Waals surface area contributed by atoms with Crippen LogP contribution in [0.1, 0.15) is 48.9 Å². The Hall–Kier alpha value is -3.57. The van der Waals surface area contributed by atoms with Gasteiger partial charge in [0.1, 0.15) is 0 Å². The molecule has 0 saturated heterocycles. The zero-order chi connectivity index (χ0) is 26.5. The topological polar surface area (TPSA) is 75.0 Å². The van der Waals surface area contributed by atoms with Gasteiger partial charge in [-0.1, -0.05) is 35.9 Å². The van der Waals surface area contributed by atoms with E-state index in [9.17, 15) is 23.2 Å². The Morgan fingerprint density at radius 3 is 2.42 bits per heavy atom. The summed E-state index contributed by atoms with van der Waals surface area (Å²) in [7, 11) is 0. The number of pyridine rings is 1. The van der Waals surface area contributed by atoms with Crippen LogP contribution in [0.25, 0.3) is 0 Å². The fourth-order valence-electron chi connectivity index (χ4n) is 3.69. The van der Waals surface area contributed by atoms with Gasteiger partial charge in [0.15, 0.2) is 5.60 Å². The number of nitriles is 1. The minimum atomic E-state index is -4.52. The highest BCUT2D eigenvalue weighted by Gasteiger charge is 2.34. The smallest absolute Gasteiger partial charge is 0.417 e. The quantitative estimate of drug-likeness (QED) is 0.381. The van der Waals surface area contributed by atoms with Gasteiger partial charge >= 0.3 is 6.18 Å². The molecule has 1 unspecified atom stereocenters. The molecular formula is C27H25ClF3N3O2. The minimum absolute atomic E-state index is 0.102. The molecule has 0 aliphatic carbocycles. The maximum Gasteiger partial charge on any atom is 0.417 e. The van der Waals surface area contributed by atoms with Gasteiger partial charge in [-0.05, 0) is 68.7 Å². The van der Waals surface area contributed by atoms with Gasteiger partial charge < -0.3 is 10.1 Å². The van der Waals surface area contributed by atoms with Crippen molar-refractivity contribution in [2.45, 2.75) is 50.9 Å². The summed E-state index contributed by atoms with van der Waals surface area (Å²) < 4.78 is 44.0. The lowest BCUT2D eigenvalue weighted by Gasteiger charge is -2.30. The third kappa shape index (κ3) is 6.98. The Balaban J connectivity index is 1.79. The van der Waals surface area contributed by atoms with Crippen molar-refractivity contribution in [3.63, 3.8) is 0 Å². The van der Waals surface area contributed by atoms with Crippen LogP contribution in [-0.4, -0.2) is 22.5 Å². The highest BCUT2D eigenvalue weighted by Crippen LogP contribution is 2.30. The molecule has 3 aromatic rings. The molecule has 0 saturated carbocycles. The van der Waals surface area contributed by atoms with Crippen molar-refractivity contribution in [1.82, 2.24) is 10.3 Å². The first-order valence-corrected chi connectivity index (χ1v) is 11.5. The molecule has 0 aliphatic rings. The molecule has 188 valence electrons. The van der Waals surface area contributed by atoms with Crippen LogP contribution < -0.4 is 10.1 Å². The van der Waals surface area contributed by atoms with E-state index in [0.29, 0.717) is 23.2 Å². The average Bonchev–Trinajstić information content (AvgIpc) is 2.83. The number of benzene rings is 2. The van der Waals surface area contributed by atoms with E-state index in [0.717, 1.165) is 23.3 Å². The first-order chi connectivity index (χ1) is 16.9. The molecule has 2 atom stereocenters. The van der Waals surface area contributed by atoms with Crippen molar-refractivity contribution >= 4 is 17.5 Å². The molecule has 1 N–H and O–H groups in total. The molecule has 1 heterocycles. The molecule has 36 heavy (non-hydrogen) atoms. The summed E-state index contributed by atoms with van der Waals surface area (Å²) in [6.07, 6.45) is -3.29. The molecule has 9 heteroatoms. The largest absolute Gasteiger partial charge is 0.462 e. The van der Waals surface area contributed by atoms with E-state index in [1.165, 1.54) is 13.8 Å². The van der Waals surface area contributed by atoms with Crippen LogP contribution >= 0.6 is 11.6 Å². The normalized spacial score (nSPS) is 13.4. The highest BCUT2D eigenvalue weighted by atomic mass is 35.5. The fourth-order valence-corrected chi connectivity index (χ4v) is 3.82. The van der Waals surface area contributed by atoms with Gasteiger partial charge in [0.2, 0.25) is 5.88 Å². The molecule has 3 rings (SSSR count). The molecule has 1 aromatic heterocycles. The van der Waals surface area contributed by atoms with Crippen LogP contribution in [-0.2, 0) is 17.4 Å². The lowest BCUT2D eigenvalue weighted by Crippen LogP contribution is -2.51. The van der Waals surface area contributed by atoms with Gasteiger partial charge in [0.05, 0.1) is 17.2 Å². The Kier molecular flexibility index (Phi) is 8.26. The lowest BCUT2D eigenvalue weighted by molar-refractivity contribution is -0.138. The number of carbonyl (C=O) groups is 1. The summed E-state index contributed by atoms with van der Waals surface area (Å²) >= 11 is 6.02. The summed E-state index contributed by atoms with van der Waals surface area (Å²) in [6.45, 7) is 4.88. The van der Waals surface area contributed by atoms with Gasteiger partial charge in [-0.2, -0.15) is 18.4 Å². The number of amides is 1. The standard InChI is InChI=1S/C27H25ClF3N3O2/c1-17(34-25(35)26(2,3)36-24-12-9-21(16-33-24)27(29,30)31)23(14-18-7-10-22(28)11-8-18)20-6-4-5-19(13-20)15-32/h4-13,16-17,23H,14H2,1-3H3,(H,34,35)/t17?,23-/m1/s1. The molecule has 0 spiro atoms. The Morgan fingerprint density at radius 2 is 1.83 bits per heavy atom. The van der Waals surface area contributed by atoms with Gasteiger partial charge in [0.25, 0.3) is 5.91 Å². The van der Waals surface area contributed by atoms with Crippen molar-refractivity contribution in [2.75, 3.05) is 0 Å². The molecule has 0 aliphatic heterocycles. The number of carbonyl (C=O) groups excluding carboxylic acids is 1. The number of aromatic nitrogens is 1. The van der Waals surface area contributed by atoms with E-state index in [4.69, 9.17) is 16.3 Å². The fraction of sp³-hybridized carbons (Fsp3) is 0.296. The van der Waals surface area contributed by atoms with Crippen molar-refractivity contribution in [1.29, 1.82) is 5.26 Å². The molecule has 0 bridgehead atoms. The third-order valence-corrected chi connectivity index (χ3v) is 6.00. The Labute approximate surface area is 212 Å². The van der Waals surface area contributed by atoms with E-state index < -0.39 is 23.2 Å². The second-order valence-electron chi connectivity index (χ2n) is 8.93. The van der Waals surface area contributed by atoms with Crippen molar-refractivity contribution in [3.05, 3.63) is 94.1 Å². The third-order valence-electron chi connectivity index (χ3n) is 5.75. The van der Waals surface area contributed by atoms with Crippen LogP contribution in [0, 0.1) is 11.3 Å². The predicted octanol–water partition coefficient (Wildman–Crippen LogP) is 6.31.